The Morgan fingerprint density at radius 3 is 2.24 bits per heavy atom. The number of hydrogen-bond acceptors (Lipinski definition) is 3. The molecule has 3 nitrogen and oxygen atoms in total. The molecule has 0 aromatic heterocycles. The lowest BCUT2D eigenvalue weighted by Gasteiger charge is -2.19. The van der Waals surface area contributed by atoms with Crippen LogP contribution in [0.5, 0.6) is 11.5 Å². The average molecular weight is 285 g/mol. The zero-order valence-electron chi connectivity index (χ0n) is 13.1. The quantitative estimate of drug-likeness (QED) is 0.879. The maximum Gasteiger partial charge on any atom is 0.160 e. The van der Waals surface area contributed by atoms with Gasteiger partial charge in [0.2, 0.25) is 0 Å². The van der Waals surface area contributed by atoms with Crippen molar-refractivity contribution < 1.29 is 9.84 Å². The van der Waals surface area contributed by atoms with Gasteiger partial charge in [0.05, 0.1) is 7.11 Å². The van der Waals surface area contributed by atoms with E-state index in [1.807, 2.05) is 6.07 Å². The van der Waals surface area contributed by atoms with Crippen molar-refractivity contribution in [1.29, 1.82) is 0 Å². The number of hydrogen-bond donors (Lipinski definition) is 2. The molecule has 21 heavy (non-hydrogen) atoms. The highest BCUT2D eigenvalue weighted by molar-refractivity contribution is 5.54. The molecule has 0 aliphatic rings. The first-order chi connectivity index (χ1) is 9.90. The molecule has 0 aliphatic carbocycles. The lowest BCUT2D eigenvalue weighted by molar-refractivity contribution is 0.373. The maximum atomic E-state index is 9.75. The van der Waals surface area contributed by atoms with E-state index < -0.39 is 0 Å². The van der Waals surface area contributed by atoms with E-state index >= 15 is 0 Å². The second-order valence-electron chi connectivity index (χ2n) is 6.19. The molecule has 2 rings (SSSR count). The highest BCUT2D eigenvalue weighted by atomic mass is 16.5. The summed E-state index contributed by atoms with van der Waals surface area (Å²) in [7, 11) is 1.54. The molecule has 0 radical (unpaired) electrons. The Balaban J connectivity index is 2.01. The number of benzene rings is 2. The third-order valence-electron chi connectivity index (χ3n) is 3.50. The Labute approximate surface area is 126 Å². The molecule has 0 unspecified atom stereocenters. The molecule has 0 bridgehead atoms. The van der Waals surface area contributed by atoms with Crippen LogP contribution in [-0.4, -0.2) is 12.2 Å². The highest BCUT2D eigenvalue weighted by Crippen LogP contribution is 2.29. The van der Waals surface area contributed by atoms with Crippen LogP contribution >= 0.6 is 0 Å². The van der Waals surface area contributed by atoms with Crippen LogP contribution in [0.15, 0.2) is 42.5 Å². The van der Waals surface area contributed by atoms with Crippen molar-refractivity contribution in [3.63, 3.8) is 0 Å². The molecule has 2 aromatic rings. The normalized spacial score (nSPS) is 11.2. The van der Waals surface area contributed by atoms with Gasteiger partial charge in [0.25, 0.3) is 0 Å². The third kappa shape index (κ3) is 3.91. The molecule has 0 saturated carbocycles. The van der Waals surface area contributed by atoms with Crippen molar-refractivity contribution in [3.05, 3.63) is 53.6 Å². The SMILES string of the molecule is COc1ccc(NCc2ccc(C(C)(C)C)cc2)cc1O. The van der Waals surface area contributed by atoms with Crippen LogP contribution in [0.25, 0.3) is 0 Å². The van der Waals surface area contributed by atoms with Crippen molar-refractivity contribution >= 4 is 5.69 Å². The molecule has 0 amide bonds. The summed E-state index contributed by atoms with van der Waals surface area (Å²) in [6.45, 7) is 7.34. The fraction of sp³-hybridized carbons (Fsp3) is 0.333. The Hall–Kier alpha value is -2.16. The number of ether oxygens (including phenoxy) is 1. The second kappa shape index (κ2) is 6.08. The first kappa shape index (κ1) is 15.2. The Kier molecular flexibility index (Phi) is 4.41. The second-order valence-corrected chi connectivity index (χ2v) is 6.19. The number of anilines is 1. The third-order valence-corrected chi connectivity index (χ3v) is 3.50. The minimum atomic E-state index is 0.144. The predicted molar refractivity (Wildman–Crippen MR) is 87.1 cm³/mol. The molecule has 0 atom stereocenters. The first-order valence-corrected chi connectivity index (χ1v) is 7.10. The van der Waals surface area contributed by atoms with E-state index in [4.69, 9.17) is 4.74 Å². The van der Waals surface area contributed by atoms with Gasteiger partial charge in [-0.15, -0.1) is 0 Å². The molecule has 0 heterocycles. The van der Waals surface area contributed by atoms with Crippen LogP contribution in [0.2, 0.25) is 0 Å². The monoisotopic (exact) mass is 285 g/mol. The van der Waals surface area contributed by atoms with Crippen molar-refractivity contribution in [1.82, 2.24) is 0 Å². The summed E-state index contributed by atoms with van der Waals surface area (Å²) in [4.78, 5) is 0. The summed E-state index contributed by atoms with van der Waals surface area (Å²) < 4.78 is 5.03. The highest BCUT2D eigenvalue weighted by Gasteiger charge is 2.12. The zero-order valence-corrected chi connectivity index (χ0v) is 13.1. The van der Waals surface area contributed by atoms with Crippen molar-refractivity contribution in [2.45, 2.75) is 32.7 Å². The number of methoxy groups -OCH3 is 1. The number of rotatable bonds is 4. The average Bonchev–Trinajstić information content (AvgIpc) is 2.45. The Morgan fingerprint density at radius 2 is 1.71 bits per heavy atom. The fourth-order valence-electron chi connectivity index (χ4n) is 2.13. The number of nitrogens with one attached hydrogen (secondary N) is 1. The number of aromatic hydroxyl groups is 1. The molecule has 3 heteroatoms. The lowest BCUT2D eigenvalue weighted by atomic mass is 9.87. The standard InChI is InChI=1S/C18H23NO2/c1-18(2,3)14-7-5-13(6-8-14)12-19-15-9-10-17(21-4)16(20)11-15/h5-11,19-20H,12H2,1-4H3. The van der Waals surface area contributed by atoms with Gasteiger partial charge in [-0.05, 0) is 28.7 Å². The van der Waals surface area contributed by atoms with Crippen molar-refractivity contribution in [3.8, 4) is 11.5 Å². The lowest BCUT2D eigenvalue weighted by Crippen LogP contribution is -2.11. The molecular weight excluding hydrogens is 262 g/mol. The fourth-order valence-corrected chi connectivity index (χ4v) is 2.13. The van der Waals surface area contributed by atoms with Gasteiger partial charge < -0.3 is 15.2 Å². The molecule has 2 N–H and O–H groups in total. The molecule has 0 aliphatic heterocycles. The Bertz CT molecular complexity index is 598. The molecule has 0 saturated heterocycles. The van der Waals surface area contributed by atoms with Gasteiger partial charge in [0.15, 0.2) is 11.5 Å². The number of phenolic OH excluding ortho intramolecular Hbond substituents is 1. The van der Waals surface area contributed by atoms with Gasteiger partial charge in [-0.3, -0.25) is 0 Å². The minimum absolute atomic E-state index is 0.144. The van der Waals surface area contributed by atoms with Gasteiger partial charge in [0.1, 0.15) is 0 Å². The van der Waals surface area contributed by atoms with Crippen LogP contribution in [0, 0.1) is 0 Å². The van der Waals surface area contributed by atoms with Gasteiger partial charge in [-0.2, -0.15) is 0 Å². The molecule has 2 aromatic carbocycles. The molecular formula is C18H23NO2. The van der Waals surface area contributed by atoms with E-state index in [-0.39, 0.29) is 11.2 Å². The summed E-state index contributed by atoms with van der Waals surface area (Å²) in [5.74, 6) is 0.626. The molecule has 0 fully saturated rings. The van der Waals surface area contributed by atoms with Crippen LogP contribution in [0.1, 0.15) is 31.9 Å². The van der Waals surface area contributed by atoms with Gasteiger partial charge in [0, 0.05) is 18.3 Å². The van der Waals surface area contributed by atoms with E-state index in [9.17, 15) is 5.11 Å². The summed E-state index contributed by atoms with van der Waals surface area (Å²) in [6, 6.07) is 13.9. The molecule has 0 spiro atoms. The van der Waals surface area contributed by atoms with Gasteiger partial charge >= 0.3 is 0 Å². The van der Waals surface area contributed by atoms with Crippen LogP contribution in [0.4, 0.5) is 5.69 Å². The van der Waals surface area contributed by atoms with Crippen molar-refractivity contribution in [2.24, 2.45) is 0 Å². The minimum Gasteiger partial charge on any atom is -0.504 e. The topological polar surface area (TPSA) is 41.5 Å². The van der Waals surface area contributed by atoms with Crippen LogP contribution in [0.3, 0.4) is 0 Å². The first-order valence-electron chi connectivity index (χ1n) is 7.10. The van der Waals surface area contributed by atoms with E-state index in [0.29, 0.717) is 5.75 Å². The smallest absolute Gasteiger partial charge is 0.160 e. The van der Waals surface area contributed by atoms with Crippen molar-refractivity contribution in [2.75, 3.05) is 12.4 Å². The zero-order chi connectivity index (χ0) is 15.5. The van der Waals surface area contributed by atoms with Gasteiger partial charge in [-0.1, -0.05) is 45.0 Å². The largest absolute Gasteiger partial charge is 0.504 e. The van der Waals surface area contributed by atoms with Gasteiger partial charge in [-0.25, -0.2) is 0 Å². The predicted octanol–water partition coefficient (Wildman–Crippen LogP) is 4.31. The maximum absolute atomic E-state index is 9.75. The Morgan fingerprint density at radius 1 is 1.05 bits per heavy atom. The summed E-state index contributed by atoms with van der Waals surface area (Å²) in [5.41, 5.74) is 3.58. The number of phenols is 1. The summed E-state index contributed by atoms with van der Waals surface area (Å²) >= 11 is 0. The van der Waals surface area contributed by atoms with E-state index in [1.54, 1.807) is 19.2 Å². The van der Waals surface area contributed by atoms with E-state index in [0.717, 1.165) is 12.2 Å². The molecule has 112 valence electrons. The summed E-state index contributed by atoms with van der Waals surface area (Å²) in [5, 5.41) is 13.0. The van der Waals surface area contributed by atoms with E-state index in [1.165, 1.54) is 11.1 Å². The van der Waals surface area contributed by atoms with E-state index in [2.05, 4.69) is 50.4 Å². The summed E-state index contributed by atoms with van der Waals surface area (Å²) in [6.07, 6.45) is 0. The van der Waals surface area contributed by atoms with Crippen LogP contribution < -0.4 is 10.1 Å². The van der Waals surface area contributed by atoms with Crippen LogP contribution in [-0.2, 0) is 12.0 Å².